The quantitative estimate of drug-likeness (QED) is 0.151. The monoisotopic (exact) mass is 758 g/mol. The van der Waals surface area contributed by atoms with Gasteiger partial charge in [-0.1, -0.05) is 34.8 Å². The summed E-state index contributed by atoms with van der Waals surface area (Å²) in [5.41, 5.74) is 4.13. The molecule has 0 bridgehead atoms. The van der Waals surface area contributed by atoms with E-state index in [0.717, 1.165) is 53.6 Å². The van der Waals surface area contributed by atoms with Gasteiger partial charge >= 0.3 is 6.09 Å². The normalized spacial score (nSPS) is 14.8. The Labute approximate surface area is 315 Å². The highest BCUT2D eigenvalue weighted by Crippen LogP contribution is 2.36. The van der Waals surface area contributed by atoms with Crippen LogP contribution >= 0.6 is 34.8 Å². The van der Waals surface area contributed by atoms with Gasteiger partial charge in [0, 0.05) is 62.6 Å². The van der Waals surface area contributed by atoms with Crippen molar-refractivity contribution in [2.45, 2.75) is 78.0 Å². The number of nitrogens with zero attached hydrogens (tertiary/aromatic N) is 4. The molecule has 0 unspecified atom stereocenters. The van der Waals surface area contributed by atoms with Gasteiger partial charge in [-0.25, -0.2) is 9.78 Å². The van der Waals surface area contributed by atoms with E-state index in [1.165, 1.54) is 0 Å². The van der Waals surface area contributed by atoms with E-state index in [1.54, 1.807) is 42.6 Å². The Hall–Kier alpha value is -3.57. The molecule has 0 radical (unpaired) electrons. The van der Waals surface area contributed by atoms with Crippen molar-refractivity contribution in [3.8, 4) is 11.6 Å². The standard InChI is InChI=1S/C38H45Cl3N4O6/c1-24-17-31(39)35(32(40)18-24)50-16-15-49-34-11-8-25(20-43-34)29-12-13-44(37(47)51-38(2,3)4)23-30(29)36(46)45(28-9-10-28)22-26-19-27(7-6-14-48-5)42-21-33(26)41/h8,11,17-21,28H,6-7,9-10,12-16,22-23H2,1-5H3. The second-order valence-corrected chi connectivity index (χ2v) is 15.0. The van der Waals surface area contributed by atoms with E-state index in [9.17, 15) is 9.59 Å². The highest BCUT2D eigenvalue weighted by atomic mass is 35.5. The number of aromatic nitrogens is 2. The molecule has 2 amide bonds. The molecule has 0 saturated heterocycles. The Balaban J connectivity index is 1.35. The van der Waals surface area contributed by atoms with Crippen molar-refractivity contribution in [2.24, 2.45) is 0 Å². The first kappa shape index (κ1) is 38.7. The van der Waals surface area contributed by atoms with Crippen LogP contribution in [0.2, 0.25) is 15.1 Å². The largest absolute Gasteiger partial charge is 0.487 e. The summed E-state index contributed by atoms with van der Waals surface area (Å²) in [6, 6.07) is 9.27. The molecule has 0 atom stereocenters. The number of aryl methyl sites for hydroxylation is 2. The molecule has 1 aliphatic carbocycles. The highest BCUT2D eigenvalue weighted by molar-refractivity contribution is 6.37. The van der Waals surface area contributed by atoms with Gasteiger partial charge in [0.15, 0.2) is 5.75 Å². The predicted molar refractivity (Wildman–Crippen MR) is 199 cm³/mol. The second-order valence-electron chi connectivity index (χ2n) is 13.8. The maximum Gasteiger partial charge on any atom is 0.410 e. The predicted octanol–water partition coefficient (Wildman–Crippen LogP) is 8.37. The van der Waals surface area contributed by atoms with Gasteiger partial charge in [-0.3, -0.25) is 9.78 Å². The number of ether oxygens (including phenoxy) is 4. The third-order valence-corrected chi connectivity index (χ3v) is 9.33. The van der Waals surface area contributed by atoms with Crippen molar-refractivity contribution in [2.75, 3.05) is 40.0 Å². The maximum atomic E-state index is 14.6. The van der Waals surface area contributed by atoms with Crippen LogP contribution in [0.1, 0.15) is 68.8 Å². The number of rotatable bonds is 14. The zero-order valence-corrected chi connectivity index (χ0v) is 32.0. The molecule has 1 saturated carbocycles. The van der Waals surface area contributed by atoms with Gasteiger partial charge in [-0.2, -0.15) is 0 Å². The summed E-state index contributed by atoms with van der Waals surface area (Å²) in [6.45, 7) is 9.28. The molecule has 3 heterocycles. The Bertz CT molecular complexity index is 1720. The molecule has 2 aliphatic rings. The van der Waals surface area contributed by atoms with Gasteiger partial charge in [0.2, 0.25) is 5.88 Å². The lowest BCUT2D eigenvalue weighted by Gasteiger charge is -2.34. The zero-order valence-electron chi connectivity index (χ0n) is 29.8. The average molecular weight is 760 g/mol. The average Bonchev–Trinajstić information content (AvgIpc) is 3.92. The minimum absolute atomic E-state index is 0.0742. The molecule has 3 aromatic rings. The summed E-state index contributed by atoms with van der Waals surface area (Å²) >= 11 is 19.2. The Morgan fingerprint density at radius 1 is 0.961 bits per heavy atom. The lowest BCUT2D eigenvalue weighted by atomic mass is 9.93. The van der Waals surface area contributed by atoms with E-state index in [0.29, 0.717) is 58.4 Å². The van der Waals surface area contributed by atoms with Crippen LogP contribution in [-0.4, -0.2) is 83.4 Å². The van der Waals surface area contributed by atoms with E-state index in [-0.39, 0.29) is 31.7 Å². The minimum Gasteiger partial charge on any atom is -0.487 e. The third-order valence-electron chi connectivity index (χ3n) is 8.42. The number of methoxy groups -OCH3 is 1. The van der Waals surface area contributed by atoms with Crippen LogP contribution in [0.25, 0.3) is 5.57 Å². The molecular formula is C38H45Cl3N4O6. The van der Waals surface area contributed by atoms with Crippen molar-refractivity contribution in [3.05, 3.63) is 85.8 Å². The molecule has 10 nitrogen and oxygen atoms in total. The summed E-state index contributed by atoms with van der Waals surface area (Å²) in [5.74, 6) is 0.670. The van der Waals surface area contributed by atoms with E-state index >= 15 is 0 Å². The molecule has 0 spiro atoms. The van der Waals surface area contributed by atoms with Gasteiger partial charge in [0.25, 0.3) is 5.91 Å². The first-order valence-corrected chi connectivity index (χ1v) is 18.3. The Morgan fingerprint density at radius 3 is 2.33 bits per heavy atom. The van der Waals surface area contributed by atoms with Crippen molar-refractivity contribution in [1.82, 2.24) is 19.8 Å². The number of benzene rings is 1. The fourth-order valence-corrected chi connectivity index (χ4v) is 6.68. The van der Waals surface area contributed by atoms with E-state index in [4.69, 9.17) is 53.8 Å². The topological polar surface area (TPSA) is 103 Å². The van der Waals surface area contributed by atoms with Gasteiger partial charge in [0.1, 0.15) is 18.8 Å². The van der Waals surface area contributed by atoms with Gasteiger partial charge in [-0.05, 0) is 106 Å². The third kappa shape index (κ3) is 10.7. The molecule has 1 fully saturated rings. The molecule has 13 heteroatoms. The van der Waals surface area contributed by atoms with Gasteiger partial charge in [-0.15, -0.1) is 0 Å². The Morgan fingerprint density at radius 2 is 1.69 bits per heavy atom. The highest BCUT2D eigenvalue weighted by Gasteiger charge is 2.38. The van der Waals surface area contributed by atoms with Gasteiger partial charge in [0.05, 0.1) is 21.6 Å². The van der Waals surface area contributed by atoms with Crippen molar-refractivity contribution in [3.63, 3.8) is 0 Å². The number of amides is 2. The van der Waals surface area contributed by atoms with E-state index in [2.05, 4.69) is 9.97 Å². The molecule has 0 N–H and O–H groups in total. The summed E-state index contributed by atoms with van der Waals surface area (Å²) in [7, 11) is 1.67. The molecule has 274 valence electrons. The molecule has 51 heavy (non-hydrogen) atoms. The first-order valence-electron chi connectivity index (χ1n) is 17.1. The summed E-state index contributed by atoms with van der Waals surface area (Å²) in [6.07, 6.45) is 6.70. The summed E-state index contributed by atoms with van der Waals surface area (Å²) < 4.78 is 22.5. The number of hydrogen-bond donors (Lipinski definition) is 0. The lowest BCUT2D eigenvalue weighted by Crippen LogP contribution is -2.44. The molecule has 2 aromatic heterocycles. The van der Waals surface area contributed by atoms with Crippen LogP contribution in [0.4, 0.5) is 4.79 Å². The van der Waals surface area contributed by atoms with Crippen LogP contribution in [-0.2, 0) is 27.2 Å². The first-order chi connectivity index (χ1) is 24.3. The van der Waals surface area contributed by atoms with Crippen LogP contribution in [0.15, 0.2) is 48.3 Å². The molecule has 5 rings (SSSR count). The summed E-state index contributed by atoms with van der Waals surface area (Å²) in [5, 5.41) is 1.38. The van der Waals surface area contributed by atoms with E-state index in [1.807, 2.05) is 44.7 Å². The van der Waals surface area contributed by atoms with Crippen LogP contribution in [0, 0.1) is 6.92 Å². The minimum atomic E-state index is -0.673. The van der Waals surface area contributed by atoms with Crippen LogP contribution in [0.5, 0.6) is 11.6 Å². The number of halogens is 3. The lowest BCUT2D eigenvalue weighted by molar-refractivity contribution is -0.128. The van der Waals surface area contributed by atoms with Crippen molar-refractivity contribution < 1.29 is 28.5 Å². The molecule has 1 aliphatic heterocycles. The van der Waals surface area contributed by atoms with Crippen LogP contribution < -0.4 is 9.47 Å². The van der Waals surface area contributed by atoms with Gasteiger partial charge < -0.3 is 28.7 Å². The Kier molecular flexibility index (Phi) is 13.1. The number of carbonyl (C=O) groups is 2. The number of carbonyl (C=O) groups excluding carboxylic acids is 2. The van der Waals surface area contributed by atoms with Crippen molar-refractivity contribution >= 4 is 52.4 Å². The maximum absolute atomic E-state index is 14.6. The SMILES string of the molecule is COCCCc1cc(CN(C(=O)C2=C(c3ccc(OCCOc4c(Cl)cc(C)cc4Cl)nc3)CCN(C(=O)OC(C)(C)C)C2)C2CC2)c(Cl)cn1. The zero-order chi connectivity index (χ0) is 36.7. The molecule has 1 aromatic carbocycles. The number of hydrogen-bond acceptors (Lipinski definition) is 8. The smallest absolute Gasteiger partial charge is 0.410 e. The molecular weight excluding hydrogens is 715 g/mol. The number of pyridine rings is 2. The second kappa shape index (κ2) is 17.3. The summed E-state index contributed by atoms with van der Waals surface area (Å²) in [4.78, 5) is 40.3. The fourth-order valence-electron chi connectivity index (χ4n) is 5.81. The van der Waals surface area contributed by atoms with Crippen molar-refractivity contribution in [1.29, 1.82) is 0 Å². The fraction of sp³-hybridized carbons (Fsp3) is 0.474. The van der Waals surface area contributed by atoms with Crippen LogP contribution in [0.3, 0.4) is 0 Å². The van der Waals surface area contributed by atoms with E-state index < -0.39 is 11.7 Å².